The zero-order chi connectivity index (χ0) is 15.2. The van der Waals surface area contributed by atoms with Crippen LogP contribution >= 0.6 is 0 Å². The highest BCUT2D eigenvalue weighted by molar-refractivity contribution is 5.77. The normalized spacial score (nSPS) is 11.0. The molecule has 0 saturated carbocycles. The minimum absolute atomic E-state index is 0.0460. The Hall–Kier alpha value is -2.29. The average Bonchev–Trinajstić information content (AvgIpc) is 3.05. The van der Waals surface area contributed by atoms with Gasteiger partial charge in [0.1, 0.15) is 12.2 Å². The third kappa shape index (κ3) is 4.63. The first-order valence-electron chi connectivity index (χ1n) is 6.74. The summed E-state index contributed by atoms with van der Waals surface area (Å²) in [5, 5.41) is 14.4. The number of nitrogens with two attached hydrogens (primary N) is 1. The monoisotopic (exact) mass is 293 g/mol. The summed E-state index contributed by atoms with van der Waals surface area (Å²) in [7, 11) is 0. The number of hydrogen-bond donors (Lipinski definition) is 2. The second-order valence-electron chi connectivity index (χ2n) is 5.09. The average molecular weight is 293 g/mol. The summed E-state index contributed by atoms with van der Waals surface area (Å²) in [4.78, 5) is 15.3. The van der Waals surface area contributed by atoms with Crippen LogP contribution in [0.1, 0.15) is 31.3 Å². The molecular formula is C12H19N7O2. The highest BCUT2D eigenvalue weighted by atomic mass is 16.5. The van der Waals surface area contributed by atoms with Gasteiger partial charge in [-0.15, -0.1) is 5.10 Å². The Kier molecular flexibility index (Phi) is 4.99. The lowest BCUT2D eigenvalue weighted by molar-refractivity contribution is -0.119. The second-order valence-corrected chi connectivity index (χ2v) is 5.09. The first kappa shape index (κ1) is 15.1. The topological polar surface area (TPSA) is 125 Å². The van der Waals surface area contributed by atoms with Crippen molar-refractivity contribution in [2.75, 3.05) is 6.54 Å². The van der Waals surface area contributed by atoms with Gasteiger partial charge in [0.15, 0.2) is 5.82 Å². The highest BCUT2D eigenvalue weighted by Crippen LogP contribution is 2.06. The Morgan fingerprint density at radius 1 is 1.52 bits per heavy atom. The molecule has 0 aromatic carbocycles. The van der Waals surface area contributed by atoms with E-state index in [4.69, 9.17) is 10.3 Å². The Labute approximate surface area is 121 Å². The molecule has 1 amide bonds. The Morgan fingerprint density at radius 3 is 3.05 bits per heavy atom. The molecule has 0 aliphatic carbocycles. The maximum absolute atomic E-state index is 11.1. The van der Waals surface area contributed by atoms with E-state index in [1.807, 2.05) is 0 Å². The van der Waals surface area contributed by atoms with Crippen molar-refractivity contribution in [2.45, 2.75) is 33.4 Å². The second kappa shape index (κ2) is 6.93. The van der Waals surface area contributed by atoms with E-state index >= 15 is 0 Å². The van der Waals surface area contributed by atoms with Gasteiger partial charge in [-0.25, -0.2) is 4.68 Å². The van der Waals surface area contributed by atoms with E-state index in [-0.39, 0.29) is 12.5 Å². The van der Waals surface area contributed by atoms with Crippen molar-refractivity contribution in [3.8, 4) is 0 Å². The number of hydrogen-bond acceptors (Lipinski definition) is 7. The van der Waals surface area contributed by atoms with Crippen LogP contribution in [-0.2, 0) is 24.3 Å². The lowest BCUT2D eigenvalue weighted by atomic mass is 10.1. The summed E-state index contributed by atoms with van der Waals surface area (Å²) >= 11 is 0. The van der Waals surface area contributed by atoms with E-state index in [1.165, 1.54) is 0 Å². The van der Waals surface area contributed by atoms with E-state index in [0.29, 0.717) is 36.4 Å². The first-order valence-corrected chi connectivity index (χ1v) is 6.74. The van der Waals surface area contributed by atoms with Gasteiger partial charge >= 0.3 is 0 Å². The Bertz CT molecular complexity index is 590. The lowest BCUT2D eigenvalue weighted by Crippen LogP contribution is -2.29. The van der Waals surface area contributed by atoms with E-state index in [1.54, 1.807) is 10.9 Å². The van der Waals surface area contributed by atoms with Gasteiger partial charge in [-0.1, -0.05) is 24.2 Å². The number of aromatic nitrogens is 5. The van der Waals surface area contributed by atoms with Crippen LogP contribution in [0.3, 0.4) is 0 Å². The SMILES string of the molecule is CC(C)Cc1nc(Cn2cc(CNC(=O)CN)nn2)no1. The van der Waals surface area contributed by atoms with Gasteiger partial charge in [0, 0.05) is 6.42 Å². The molecule has 114 valence electrons. The molecule has 0 aliphatic heterocycles. The lowest BCUT2D eigenvalue weighted by Gasteiger charge is -1.98. The standard InChI is InChI=1S/C12H19N7O2/c1-8(2)3-12-15-10(17-21-12)7-19-6-9(16-18-19)5-14-11(20)4-13/h6,8H,3-5,7,13H2,1-2H3,(H,14,20). The molecule has 2 aromatic heterocycles. The maximum Gasteiger partial charge on any atom is 0.234 e. The fraction of sp³-hybridized carbons (Fsp3) is 0.583. The van der Waals surface area contributed by atoms with E-state index < -0.39 is 0 Å². The summed E-state index contributed by atoms with van der Waals surface area (Å²) in [6.45, 7) is 4.79. The van der Waals surface area contributed by atoms with Crippen molar-refractivity contribution in [2.24, 2.45) is 11.7 Å². The third-order valence-electron chi connectivity index (χ3n) is 2.63. The molecule has 2 aromatic rings. The summed E-state index contributed by atoms with van der Waals surface area (Å²) in [5.74, 6) is 1.40. The van der Waals surface area contributed by atoms with E-state index in [2.05, 4.69) is 39.6 Å². The van der Waals surface area contributed by atoms with Crippen LogP contribution in [0.15, 0.2) is 10.7 Å². The molecular weight excluding hydrogens is 274 g/mol. The van der Waals surface area contributed by atoms with Gasteiger partial charge in [0.05, 0.1) is 19.3 Å². The predicted molar refractivity (Wildman–Crippen MR) is 72.9 cm³/mol. The van der Waals surface area contributed by atoms with Gasteiger partial charge in [0.2, 0.25) is 11.8 Å². The molecule has 21 heavy (non-hydrogen) atoms. The molecule has 9 heteroatoms. The molecule has 2 rings (SSSR count). The first-order chi connectivity index (χ1) is 10.1. The molecule has 0 unspecified atom stereocenters. The van der Waals surface area contributed by atoms with Gasteiger partial charge in [-0.2, -0.15) is 4.98 Å². The van der Waals surface area contributed by atoms with Gasteiger partial charge < -0.3 is 15.6 Å². The number of amides is 1. The van der Waals surface area contributed by atoms with Gasteiger partial charge in [-0.05, 0) is 5.92 Å². The molecule has 3 N–H and O–H groups in total. The van der Waals surface area contributed by atoms with Crippen molar-refractivity contribution in [1.82, 2.24) is 30.5 Å². The van der Waals surface area contributed by atoms with Gasteiger partial charge in [-0.3, -0.25) is 4.79 Å². The molecule has 0 bridgehead atoms. The van der Waals surface area contributed by atoms with Crippen LogP contribution in [0, 0.1) is 5.92 Å². The molecule has 0 aliphatic rings. The largest absolute Gasteiger partial charge is 0.349 e. The molecule has 2 heterocycles. The van der Waals surface area contributed by atoms with E-state index in [0.717, 1.165) is 6.42 Å². The fourth-order valence-electron chi connectivity index (χ4n) is 1.69. The Balaban J connectivity index is 1.90. The Morgan fingerprint density at radius 2 is 2.33 bits per heavy atom. The summed E-state index contributed by atoms with van der Waals surface area (Å²) in [6, 6.07) is 0. The van der Waals surface area contributed by atoms with E-state index in [9.17, 15) is 4.79 Å². The van der Waals surface area contributed by atoms with Crippen LogP contribution in [0.4, 0.5) is 0 Å². The molecule has 0 radical (unpaired) electrons. The van der Waals surface area contributed by atoms with Crippen LogP contribution in [0.2, 0.25) is 0 Å². The number of nitrogens with zero attached hydrogens (tertiary/aromatic N) is 5. The fourth-order valence-corrected chi connectivity index (χ4v) is 1.69. The number of carbonyl (C=O) groups is 1. The molecule has 0 saturated heterocycles. The van der Waals surface area contributed by atoms with Crippen molar-refractivity contribution < 1.29 is 9.32 Å². The smallest absolute Gasteiger partial charge is 0.234 e. The minimum Gasteiger partial charge on any atom is -0.349 e. The quantitative estimate of drug-likeness (QED) is 0.703. The number of nitrogens with one attached hydrogen (secondary N) is 1. The molecule has 0 fully saturated rings. The third-order valence-corrected chi connectivity index (χ3v) is 2.63. The molecule has 0 atom stereocenters. The summed E-state index contributed by atoms with van der Waals surface area (Å²) in [6.07, 6.45) is 2.47. The van der Waals surface area contributed by atoms with Crippen molar-refractivity contribution in [3.63, 3.8) is 0 Å². The number of carbonyl (C=O) groups excluding carboxylic acids is 1. The van der Waals surface area contributed by atoms with Crippen molar-refractivity contribution in [3.05, 3.63) is 23.6 Å². The predicted octanol–water partition coefficient (Wildman–Crippen LogP) is -0.517. The summed E-state index contributed by atoms with van der Waals surface area (Å²) in [5.41, 5.74) is 5.84. The molecule has 9 nitrogen and oxygen atoms in total. The van der Waals surface area contributed by atoms with Crippen LogP contribution in [-0.4, -0.2) is 37.6 Å². The summed E-state index contributed by atoms with van der Waals surface area (Å²) < 4.78 is 6.75. The van der Waals surface area contributed by atoms with Crippen LogP contribution in [0.5, 0.6) is 0 Å². The van der Waals surface area contributed by atoms with Crippen LogP contribution in [0.25, 0.3) is 0 Å². The van der Waals surface area contributed by atoms with Crippen molar-refractivity contribution >= 4 is 5.91 Å². The minimum atomic E-state index is -0.235. The number of rotatable bonds is 7. The molecule has 0 spiro atoms. The highest BCUT2D eigenvalue weighted by Gasteiger charge is 2.10. The zero-order valence-corrected chi connectivity index (χ0v) is 12.1. The zero-order valence-electron chi connectivity index (χ0n) is 12.1. The van der Waals surface area contributed by atoms with Crippen molar-refractivity contribution in [1.29, 1.82) is 0 Å². The van der Waals surface area contributed by atoms with Gasteiger partial charge in [0.25, 0.3) is 0 Å². The van der Waals surface area contributed by atoms with Crippen LogP contribution < -0.4 is 11.1 Å². The maximum atomic E-state index is 11.1.